The molecule has 0 radical (unpaired) electrons. The van der Waals surface area contributed by atoms with E-state index in [9.17, 15) is 9.59 Å². The summed E-state index contributed by atoms with van der Waals surface area (Å²) in [4.78, 5) is 37.5. The van der Waals surface area contributed by atoms with E-state index in [1.54, 1.807) is 6.20 Å². The van der Waals surface area contributed by atoms with Crippen LogP contribution in [0.2, 0.25) is 0 Å². The first kappa shape index (κ1) is 22.0. The Labute approximate surface area is 188 Å². The molecule has 0 spiro atoms. The Hall–Kier alpha value is -3.20. The minimum atomic E-state index is -0.267. The third-order valence-electron chi connectivity index (χ3n) is 6.35. The Morgan fingerprint density at radius 1 is 1.09 bits per heavy atom. The summed E-state index contributed by atoms with van der Waals surface area (Å²) in [5.74, 6) is 0.762. The molecule has 32 heavy (non-hydrogen) atoms. The molecular weight excluding hydrogens is 406 g/mol. The van der Waals surface area contributed by atoms with E-state index >= 15 is 0 Å². The zero-order valence-corrected chi connectivity index (χ0v) is 18.7. The molecule has 2 aliphatic rings. The van der Waals surface area contributed by atoms with Crippen molar-refractivity contribution in [2.45, 2.75) is 32.2 Å². The molecule has 1 aromatic carbocycles. The standard InChI is InChI=1S/C23H31N7O2/c1-15-14-25-23(28-21(15)27-19-5-3-4-18(19)20(24)31)26-17-8-6-16(7-9-17)22(32)30-12-10-29(2)11-13-30/h6-9,14,18-19H,3-5,10-13H2,1-2H3,(H2,24,31)(H2,25,26,27,28)/t18-,19+/m0/s1. The van der Waals surface area contributed by atoms with Crippen LogP contribution in [0.1, 0.15) is 35.2 Å². The van der Waals surface area contributed by atoms with Gasteiger partial charge in [0.05, 0.1) is 5.92 Å². The van der Waals surface area contributed by atoms with Gasteiger partial charge in [-0.25, -0.2) is 4.98 Å². The fourth-order valence-electron chi connectivity index (χ4n) is 4.31. The first-order chi connectivity index (χ1) is 15.4. The highest BCUT2D eigenvalue weighted by atomic mass is 16.2. The summed E-state index contributed by atoms with van der Waals surface area (Å²) in [5, 5.41) is 6.58. The molecule has 2 atom stereocenters. The number of nitrogens with two attached hydrogens (primary N) is 1. The zero-order valence-electron chi connectivity index (χ0n) is 18.7. The molecule has 2 aromatic rings. The van der Waals surface area contributed by atoms with Gasteiger partial charge in [-0.1, -0.05) is 6.42 Å². The van der Waals surface area contributed by atoms with E-state index < -0.39 is 0 Å². The molecule has 4 rings (SSSR count). The lowest BCUT2D eigenvalue weighted by Gasteiger charge is -2.32. The summed E-state index contributed by atoms with van der Waals surface area (Å²) in [6.07, 6.45) is 4.42. The van der Waals surface area contributed by atoms with Crippen molar-refractivity contribution >= 4 is 29.3 Å². The number of anilines is 3. The van der Waals surface area contributed by atoms with Gasteiger partial charge in [-0.2, -0.15) is 4.98 Å². The monoisotopic (exact) mass is 437 g/mol. The van der Waals surface area contributed by atoms with Crippen molar-refractivity contribution in [2.24, 2.45) is 11.7 Å². The highest BCUT2D eigenvalue weighted by Crippen LogP contribution is 2.29. The van der Waals surface area contributed by atoms with Crippen molar-refractivity contribution in [1.82, 2.24) is 19.8 Å². The van der Waals surface area contributed by atoms with Crippen LogP contribution in [0, 0.1) is 12.8 Å². The molecule has 0 bridgehead atoms. The number of hydrogen-bond acceptors (Lipinski definition) is 7. The highest BCUT2D eigenvalue weighted by molar-refractivity contribution is 5.94. The molecule has 1 saturated heterocycles. The number of nitrogens with zero attached hydrogens (tertiary/aromatic N) is 4. The normalized spacial score (nSPS) is 21.4. The molecule has 9 heteroatoms. The Morgan fingerprint density at radius 2 is 1.81 bits per heavy atom. The van der Waals surface area contributed by atoms with Crippen LogP contribution in [0.3, 0.4) is 0 Å². The number of likely N-dealkylation sites (N-methyl/N-ethyl adjacent to an activating group) is 1. The minimum Gasteiger partial charge on any atom is -0.369 e. The number of carbonyl (C=O) groups excluding carboxylic acids is 2. The summed E-state index contributed by atoms with van der Waals surface area (Å²) in [5.41, 5.74) is 7.92. The maximum atomic E-state index is 12.7. The number of carbonyl (C=O) groups is 2. The number of nitrogens with one attached hydrogen (secondary N) is 2. The van der Waals surface area contributed by atoms with E-state index in [2.05, 4.69) is 32.5 Å². The maximum absolute atomic E-state index is 12.7. The molecule has 4 N–H and O–H groups in total. The highest BCUT2D eigenvalue weighted by Gasteiger charge is 2.32. The van der Waals surface area contributed by atoms with Gasteiger partial charge in [0, 0.05) is 55.2 Å². The number of rotatable bonds is 6. The number of benzene rings is 1. The van der Waals surface area contributed by atoms with E-state index in [-0.39, 0.29) is 23.8 Å². The third kappa shape index (κ3) is 4.99. The first-order valence-electron chi connectivity index (χ1n) is 11.1. The quantitative estimate of drug-likeness (QED) is 0.633. The number of amides is 2. The van der Waals surface area contributed by atoms with Crippen LogP contribution in [0.4, 0.5) is 17.5 Å². The molecule has 1 aliphatic heterocycles. The fraction of sp³-hybridized carbons (Fsp3) is 0.478. The summed E-state index contributed by atoms with van der Waals surface area (Å²) in [6, 6.07) is 7.37. The van der Waals surface area contributed by atoms with Crippen LogP contribution in [-0.2, 0) is 4.79 Å². The summed E-state index contributed by atoms with van der Waals surface area (Å²) in [6.45, 7) is 5.22. The second-order valence-electron chi connectivity index (χ2n) is 8.71. The molecule has 9 nitrogen and oxygen atoms in total. The lowest BCUT2D eigenvalue weighted by Crippen LogP contribution is -2.47. The van der Waals surface area contributed by atoms with Gasteiger partial charge in [-0.05, 0) is 51.1 Å². The van der Waals surface area contributed by atoms with Crippen molar-refractivity contribution in [2.75, 3.05) is 43.9 Å². The third-order valence-corrected chi connectivity index (χ3v) is 6.35. The van der Waals surface area contributed by atoms with E-state index in [0.29, 0.717) is 17.3 Å². The molecule has 2 heterocycles. The lowest BCUT2D eigenvalue weighted by atomic mass is 10.0. The van der Waals surface area contributed by atoms with Gasteiger partial charge < -0.3 is 26.2 Å². The molecular formula is C23H31N7O2. The average molecular weight is 438 g/mol. The lowest BCUT2D eigenvalue weighted by molar-refractivity contribution is -0.121. The summed E-state index contributed by atoms with van der Waals surface area (Å²) < 4.78 is 0. The molecule has 2 fully saturated rings. The average Bonchev–Trinajstić information content (AvgIpc) is 3.25. The van der Waals surface area contributed by atoms with Crippen molar-refractivity contribution in [3.63, 3.8) is 0 Å². The molecule has 1 aliphatic carbocycles. The molecule has 1 aromatic heterocycles. The first-order valence-corrected chi connectivity index (χ1v) is 11.1. The van der Waals surface area contributed by atoms with Gasteiger partial charge in [-0.15, -0.1) is 0 Å². The Morgan fingerprint density at radius 3 is 2.50 bits per heavy atom. The van der Waals surface area contributed by atoms with Gasteiger partial charge in [0.15, 0.2) is 0 Å². The van der Waals surface area contributed by atoms with Crippen LogP contribution in [-0.4, -0.2) is 70.9 Å². The molecule has 1 saturated carbocycles. The van der Waals surface area contributed by atoms with Gasteiger partial charge >= 0.3 is 0 Å². The van der Waals surface area contributed by atoms with E-state index in [1.807, 2.05) is 36.1 Å². The number of piperazine rings is 1. The van der Waals surface area contributed by atoms with Crippen molar-refractivity contribution in [3.8, 4) is 0 Å². The van der Waals surface area contributed by atoms with Gasteiger partial charge in [0.25, 0.3) is 5.91 Å². The van der Waals surface area contributed by atoms with Crippen LogP contribution in [0.5, 0.6) is 0 Å². The van der Waals surface area contributed by atoms with E-state index in [4.69, 9.17) is 5.73 Å². The fourth-order valence-corrected chi connectivity index (χ4v) is 4.31. The van der Waals surface area contributed by atoms with Gasteiger partial charge in [-0.3, -0.25) is 9.59 Å². The van der Waals surface area contributed by atoms with Crippen LogP contribution in [0.25, 0.3) is 0 Å². The van der Waals surface area contributed by atoms with Crippen LogP contribution in [0.15, 0.2) is 30.5 Å². The van der Waals surface area contributed by atoms with Gasteiger partial charge in [0.2, 0.25) is 11.9 Å². The van der Waals surface area contributed by atoms with Gasteiger partial charge in [0.1, 0.15) is 5.82 Å². The molecule has 0 unspecified atom stereocenters. The van der Waals surface area contributed by atoms with E-state index in [0.717, 1.165) is 56.7 Å². The minimum absolute atomic E-state index is 0.00572. The predicted octanol–water partition coefficient (Wildman–Crippen LogP) is 1.98. The Kier molecular flexibility index (Phi) is 6.55. The summed E-state index contributed by atoms with van der Waals surface area (Å²) >= 11 is 0. The smallest absolute Gasteiger partial charge is 0.253 e. The number of aryl methyl sites for hydroxylation is 1. The topological polar surface area (TPSA) is 116 Å². The number of hydrogen-bond donors (Lipinski definition) is 3. The second-order valence-corrected chi connectivity index (χ2v) is 8.71. The zero-order chi connectivity index (χ0) is 22.7. The van der Waals surface area contributed by atoms with E-state index in [1.165, 1.54) is 0 Å². The van der Waals surface area contributed by atoms with Crippen LogP contribution < -0.4 is 16.4 Å². The SMILES string of the molecule is Cc1cnc(Nc2ccc(C(=O)N3CCN(C)CC3)cc2)nc1N[C@@H]1CCC[C@@H]1C(N)=O. The molecule has 170 valence electrons. The maximum Gasteiger partial charge on any atom is 0.253 e. The summed E-state index contributed by atoms with van der Waals surface area (Å²) in [7, 11) is 2.07. The Bertz CT molecular complexity index is 971. The molecule has 2 amide bonds. The predicted molar refractivity (Wildman–Crippen MR) is 124 cm³/mol. The van der Waals surface area contributed by atoms with Crippen molar-refractivity contribution in [3.05, 3.63) is 41.6 Å². The van der Waals surface area contributed by atoms with Crippen molar-refractivity contribution in [1.29, 1.82) is 0 Å². The van der Waals surface area contributed by atoms with Crippen LogP contribution >= 0.6 is 0 Å². The largest absolute Gasteiger partial charge is 0.369 e. The number of primary amides is 1. The number of aromatic nitrogens is 2. The Balaban J connectivity index is 1.41. The van der Waals surface area contributed by atoms with Crippen molar-refractivity contribution < 1.29 is 9.59 Å². The second kappa shape index (κ2) is 9.52.